The summed E-state index contributed by atoms with van der Waals surface area (Å²) in [5.41, 5.74) is 10.6. The first kappa shape index (κ1) is 22.1. The zero-order valence-corrected chi connectivity index (χ0v) is 18.8. The van der Waals surface area contributed by atoms with Gasteiger partial charge in [-0.15, -0.1) is 0 Å². The monoisotopic (exact) mass is 462 g/mol. The number of nitro groups is 1. The lowest BCUT2D eigenvalue weighted by Crippen LogP contribution is -2.40. The molecule has 1 aliphatic carbocycles. The molecule has 0 saturated carbocycles. The first-order chi connectivity index (χ1) is 17.0. The molecule has 0 unspecified atom stereocenters. The van der Waals surface area contributed by atoms with Gasteiger partial charge in [-0.2, -0.15) is 5.26 Å². The number of carbonyl (C=O) groups is 1. The Bertz CT molecular complexity index is 1400. The third kappa shape index (κ3) is 3.85. The van der Waals surface area contributed by atoms with Crippen LogP contribution in [0.4, 0.5) is 11.4 Å². The summed E-state index contributed by atoms with van der Waals surface area (Å²) < 4.78 is 0. The van der Waals surface area contributed by atoms with E-state index >= 15 is 0 Å². The van der Waals surface area contributed by atoms with Gasteiger partial charge in [0.25, 0.3) is 5.69 Å². The predicted octanol–water partition coefficient (Wildman–Crippen LogP) is 5.29. The Balaban J connectivity index is 1.71. The van der Waals surface area contributed by atoms with E-state index in [4.69, 9.17) is 5.73 Å². The maximum absolute atomic E-state index is 13.7. The number of hydrogen-bond donors (Lipinski definition) is 1. The standard InChI is InChI=1S/C28H22N4O3/c29-17-23-26(19-9-5-2-6-10-19)27-24(15-20(16-25(27)33)18-7-3-1-4-8-18)31(28(23)30)21-11-13-22(14-12-21)32(34)35/h1-14,20,26H,15-16,30H2/t20-,26-/m0/s1. The Morgan fingerprint density at radius 2 is 1.51 bits per heavy atom. The zero-order valence-electron chi connectivity index (χ0n) is 18.8. The van der Waals surface area contributed by atoms with Crippen LogP contribution in [0.25, 0.3) is 0 Å². The molecule has 0 radical (unpaired) electrons. The molecule has 5 rings (SSSR count). The second-order valence-corrected chi connectivity index (χ2v) is 8.66. The van der Waals surface area contributed by atoms with Crippen LogP contribution in [-0.2, 0) is 4.79 Å². The maximum Gasteiger partial charge on any atom is 0.269 e. The van der Waals surface area contributed by atoms with Crippen LogP contribution < -0.4 is 10.6 Å². The van der Waals surface area contributed by atoms with Crippen molar-refractivity contribution < 1.29 is 9.72 Å². The number of non-ortho nitro benzene ring substituents is 1. The lowest BCUT2D eigenvalue weighted by molar-refractivity contribution is -0.384. The van der Waals surface area contributed by atoms with Gasteiger partial charge in [0, 0.05) is 35.5 Å². The van der Waals surface area contributed by atoms with Gasteiger partial charge < -0.3 is 5.73 Å². The minimum absolute atomic E-state index is 0.0267. The van der Waals surface area contributed by atoms with Crippen LogP contribution in [0.15, 0.2) is 108 Å². The topological polar surface area (TPSA) is 113 Å². The molecular weight excluding hydrogens is 440 g/mol. The Morgan fingerprint density at radius 3 is 2.09 bits per heavy atom. The van der Waals surface area contributed by atoms with Crippen LogP contribution in [0.2, 0.25) is 0 Å². The van der Waals surface area contributed by atoms with Gasteiger partial charge in [0.2, 0.25) is 0 Å². The summed E-state index contributed by atoms with van der Waals surface area (Å²) in [4.78, 5) is 26.2. The Labute approximate surface area is 202 Å². The Hall–Kier alpha value is -4.70. The van der Waals surface area contributed by atoms with Gasteiger partial charge in [0.15, 0.2) is 5.78 Å². The van der Waals surface area contributed by atoms with Crippen LogP contribution in [0.5, 0.6) is 0 Å². The molecule has 2 N–H and O–H groups in total. The molecule has 0 bridgehead atoms. The predicted molar refractivity (Wildman–Crippen MR) is 132 cm³/mol. The lowest BCUT2D eigenvalue weighted by Gasteiger charge is -2.41. The molecule has 2 atom stereocenters. The van der Waals surface area contributed by atoms with Crippen molar-refractivity contribution in [1.82, 2.24) is 0 Å². The molecule has 35 heavy (non-hydrogen) atoms. The largest absolute Gasteiger partial charge is 0.384 e. The van der Waals surface area contributed by atoms with Crippen molar-refractivity contribution in [2.45, 2.75) is 24.7 Å². The van der Waals surface area contributed by atoms with Crippen LogP contribution >= 0.6 is 0 Å². The number of Topliss-reactive ketones (excluding diaryl/α,β-unsaturated/α-hetero) is 1. The van der Waals surface area contributed by atoms with Crippen molar-refractivity contribution >= 4 is 17.2 Å². The van der Waals surface area contributed by atoms with E-state index in [0.29, 0.717) is 29.7 Å². The number of nitrogens with zero attached hydrogens (tertiary/aromatic N) is 3. The first-order valence-corrected chi connectivity index (χ1v) is 11.3. The SMILES string of the molecule is N#CC1=C(N)N(c2ccc([N+](=O)[O-])cc2)C2=C(C(=O)C[C@@H](c3ccccc3)C2)[C@H]1c1ccccc1. The molecule has 1 heterocycles. The number of nitro benzene ring substituents is 1. The van der Waals surface area contributed by atoms with Gasteiger partial charge in [0.1, 0.15) is 5.82 Å². The minimum Gasteiger partial charge on any atom is -0.384 e. The van der Waals surface area contributed by atoms with Crippen molar-refractivity contribution in [3.8, 4) is 6.07 Å². The summed E-state index contributed by atoms with van der Waals surface area (Å²) in [6.07, 6.45) is 0.879. The molecule has 3 aromatic rings. The quantitative estimate of drug-likeness (QED) is 0.416. The van der Waals surface area contributed by atoms with Gasteiger partial charge in [0.05, 0.1) is 22.5 Å². The van der Waals surface area contributed by atoms with Gasteiger partial charge in [-0.05, 0) is 35.6 Å². The van der Waals surface area contributed by atoms with E-state index in [9.17, 15) is 20.2 Å². The average molecular weight is 463 g/mol. The van der Waals surface area contributed by atoms with Gasteiger partial charge >= 0.3 is 0 Å². The fraction of sp³-hybridized carbons (Fsp3) is 0.143. The van der Waals surface area contributed by atoms with E-state index < -0.39 is 10.8 Å². The summed E-state index contributed by atoms with van der Waals surface area (Å²) in [5, 5.41) is 21.3. The van der Waals surface area contributed by atoms with Gasteiger partial charge in [-0.3, -0.25) is 19.8 Å². The maximum atomic E-state index is 13.7. The molecule has 0 fully saturated rings. The second kappa shape index (κ2) is 8.92. The van der Waals surface area contributed by atoms with Crippen LogP contribution in [-0.4, -0.2) is 10.7 Å². The minimum atomic E-state index is -0.560. The Kier molecular flexibility index (Phi) is 5.63. The highest BCUT2D eigenvalue weighted by Gasteiger charge is 2.42. The number of carbonyl (C=O) groups excluding carboxylic acids is 1. The lowest BCUT2D eigenvalue weighted by atomic mass is 9.72. The smallest absolute Gasteiger partial charge is 0.269 e. The number of allylic oxidation sites excluding steroid dienone is 3. The zero-order chi connectivity index (χ0) is 24.5. The summed E-state index contributed by atoms with van der Waals surface area (Å²) >= 11 is 0. The number of ketones is 1. The number of anilines is 1. The van der Waals surface area contributed by atoms with Gasteiger partial charge in [-0.25, -0.2) is 0 Å². The fourth-order valence-corrected chi connectivity index (χ4v) is 5.09. The number of benzene rings is 3. The molecule has 7 heteroatoms. The van der Waals surface area contributed by atoms with E-state index in [-0.39, 0.29) is 23.2 Å². The molecule has 1 aliphatic heterocycles. The van der Waals surface area contributed by atoms with Crippen molar-refractivity contribution in [2.24, 2.45) is 5.73 Å². The third-order valence-corrected chi connectivity index (χ3v) is 6.69. The molecule has 172 valence electrons. The van der Waals surface area contributed by atoms with E-state index in [0.717, 1.165) is 16.8 Å². The number of nitriles is 1. The Morgan fingerprint density at radius 1 is 0.914 bits per heavy atom. The number of rotatable bonds is 4. The van der Waals surface area contributed by atoms with E-state index in [1.54, 1.807) is 17.0 Å². The normalized spacial score (nSPS) is 19.9. The molecule has 7 nitrogen and oxygen atoms in total. The summed E-state index contributed by atoms with van der Waals surface area (Å²) in [5.74, 6) is -0.401. The van der Waals surface area contributed by atoms with Crippen molar-refractivity contribution in [3.63, 3.8) is 0 Å². The molecule has 0 saturated heterocycles. The van der Waals surface area contributed by atoms with Crippen molar-refractivity contribution in [3.05, 3.63) is 129 Å². The highest BCUT2D eigenvalue weighted by molar-refractivity contribution is 6.01. The van der Waals surface area contributed by atoms with E-state index in [1.807, 2.05) is 60.7 Å². The first-order valence-electron chi connectivity index (χ1n) is 11.3. The van der Waals surface area contributed by atoms with Crippen LogP contribution in [0.1, 0.15) is 35.8 Å². The molecule has 0 amide bonds. The van der Waals surface area contributed by atoms with Crippen LogP contribution in [0.3, 0.4) is 0 Å². The molecule has 3 aromatic carbocycles. The molecular formula is C28H22N4O3. The van der Waals surface area contributed by atoms with Crippen LogP contribution in [0, 0.1) is 21.4 Å². The molecule has 0 aromatic heterocycles. The van der Waals surface area contributed by atoms with E-state index in [1.165, 1.54) is 12.1 Å². The summed E-state index contributed by atoms with van der Waals surface area (Å²) in [6, 6.07) is 27.6. The third-order valence-electron chi connectivity index (χ3n) is 6.69. The number of hydrogen-bond acceptors (Lipinski definition) is 6. The fourth-order valence-electron chi connectivity index (χ4n) is 5.09. The number of nitrogens with two attached hydrogens (primary N) is 1. The highest BCUT2D eigenvalue weighted by atomic mass is 16.6. The summed E-state index contributed by atoms with van der Waals surface area (Å²) in [6.45, 7) is 0. The van der Waals surface area contributed by atoms with Gasteiger partial charge in [-0.1, -0.05) is 60.7 Å². The highest BCUT2D eigenvalue weighted by Crippen LogP contribution is 2.49. The summed E-state index contributed by atoms with van der Waals surface area (Å²) in [7, 11) is 0. The molecule has 0 spiro atoms. The average Bonchev–Trinajstić information content (AvgIpc) is 2.89. The second-order valence-electron chi connectivity index (χ2n) is 8.66. The van der Waals surface area contributed by atoms with Crippen molar-refractivity contribution in [1.29, 1.82) is 5.26 Å². The molecule has 2 aliphatic rings. The van der Waals surface area contributed by atoms with Crippen molar-refractivity contribution in [2.75, 3.05) is 4.90 Å². The van der Waals surface area contributed by atoms with E-state index in [2.05, 4.69) is 6.07 Å².